The summed E-state index contributed by atoms with van der Waals surface area (Å²) in [5.41, 5.74) is 7.20. The molecule has 0 unspecified atom stereocenters. The Hall–Kier alpha value is -2.34. The van der Waals surface area contributed by atoms with Crippen molar-refractivity contribution in [2.75, 3.05) is 5.32 Å². The minimum absolute atomic E-state index is 0.00451. The van der Waals surface area contributed by atoms with Crippen LogP contribution in [0, 0.1) is 0 Å². The van der Waals surface area contributed by atoms with Gasteiger partial charge >= 0.3 is 0 Å². The number of amidine groups is 1. The van der Waals surface area contributed by atoms with Gasteiger partial charge in [-0.05, 0) is 36.4 Å². The number of carbonyl (C=O) groups is 1. The average molecular weight is 334 g/mol. The third-order valence-corrected chi connectivity index (χ3v) is 3.18. The zero-order valence-electron chi connectivity index (χ0n) is 10.4. The zero-order valence-corrected chi connectivity index (χ0v) is 12.0. The molecule has 0 fully saturated rings. The lowest BCUT2D eigenvalue weighted by Crippen LogP contribution is -2.15. The molecule has 4 N–H and O–H groups in total. The molecule has 0 aliphatic carbocycles. The van der Waals surface area contributed by atoms with Crippen molar-refractivity contribution in [1.82, 2.24) is 0 Å². The Kier molecular flexibility index (Phi) is 4.37. The third kappa shape index (κ3) is 3.36. The SMILES string of the molecule is N/C(=N\O)c1ccc(C(=O)Nc2ccc(Br)cc2)cc1. The number of halogens is 1. The van der Waals surface area contributed by atoms with Gasteiger partial charge in [0.2, 0.25) is 0 Å². The quantitative estimate of drug-likeness (QED) is 0.349. The lowest BCUT2D eigenvalue weighted by Gasteiger charge is -2.06. The fourth-order valence-electron chi connectivity index (χ4n) is 1.59. The summed E-state index contributed by atoms with van der Waals surface area (Å²) >= 11 is 3.33. The summed E-state index contributed by atoms with van der Waals surface area (Å²) in [7, 11) is 0. The maximum absolute atomic E-state index is 12.0. The normalized spacial score (nSPS) is 11.2. The van der Waals surface area contributed by atoms with Crippen LogP contribution >= 0.6 is 15.9 Å². The van der Waals surface area contributed by atoms with Crippen molar-refractivity contribution in [2.24, 2.45) is 10.9 Å². The second kappa shape index (κ2) is 6.21. The molecule has 2 aromatic carbocycles. The van der Waals surface area contributed by atoms with Gasteiger partial charge in [-0.15, -0.1) is 0 Å². The van der Waals surface area contributed by atoms with E-state index < -0.39 is 0 Å². The smallest absolute Gasteiger partial charge is 0.255 e. The number of hydrogen-bond acceptors (Lipinski definition) is 3. The fourth-order valence-corrected chi connectivity index (χ4v) is 1.85. The van der Waals surface area contributed by atoms with E-state index in [1.807, 2.05) is 12.1 Å². The lowest BCUT2D eigenvalue weighted by molar-refractivity contribution is 0.102. The highest BCUT2D eigenvalue weighted by Gasteiger charge is 2.07. The van der Waals surface area contributed by atoms with Crippen LogP contribution in [0.25, 0.3) is 0 Å². The molecule has 0 saturated carbocycles. The topological polar surface area (TPSA) is 87.7 Å². The number of nitrogens with two attached hydrogens (primary N) is 1. The first-order valence-electron chi connectivity index (χ1n) is 5.75. The molecule has 20 heavy (non-hydrogen) atoms. The summed E-state index contributed by atoms with van der Waals surface area (Å²) < 4.78 is 0.943. The first-order valence-corrected chi connectivity index (χ1v) is 6.54. The van der Waals surface area contributed by atoms with Gasteiger partial charge in [0.25, 0.3) is 5.91 Å². The minimum Gasteiger partial charge on any atom is -0.409 e. The second-order valence-electron chi connectivity index (χ2n) is 4.02. The molecule has 0 bridgehead atoms. The summed E-state index contributed by atoms with van der Waals surface area (Å²) in [4.78, 5) is 12.0. The van der Waals surface area contributed by atoms with E-state index in [1.54, 1.807) is 36.4 Å². The highest BCUT2D eigenvalue weighted by molar-refractivity contribution is 9.10. The molecule has 0 aliphatic heterocycles. The predicted molar refractivity (Wildman–Crippen MR) is 81.0 cm³/mol. The van der Waals surface area contributed by atoms with Gasteiger partial charge in [-0.3, -0.25) is 4.79 Å². The van der Waals surface area contributed by atoms with Crippen LogP contribution in [-0.4, -0.2) is 17.0 Å². The Balaban J connectivity index is 2.11. The van der Waals surface area contributed by atoms with Crippen molar-refractivity contribution in [1.29, 1.82) is 0 Å². The van der Waals surface area contributed by atoms with Crippen molar-refractivity contribution < 1.29 is 10.0 Å². The highest BCUT2D eigenvalue weighted by atomic mass is 79.9. The van der Waals surface area contributed by atoms with Crippen LogP contribution in [0.4, 0.5) is 5.69 Å². The van der Waals surface area contributed by atoms with E-state index in [0.717, 1.165) is 4.47 Å². The molecule has 6 heteroatoms. The van der Waals surface area contributed by atoms with Crippen LogP contribution in [0.5, 0.6) is 0 Å². The van der Waals surface area contributed by atoms with E-state index in [-0.39, 0.29) is 11.7 Å². The maximum Gasteiger partial charge on any atom is 0.255 e. The number of nitrogens with zero attached hydrogens (tertiary/aromatic N) is 1. The molecule has 0 atom stereocenters. The molecule has 2 aromatic rings. The Morgan fingerprint density at radius 3 is 2.15 bits per heavy atom. The van der Waals surface area contributed by atoms with Gasteiger partial charge in [0, 0.05) is 21.3 Å². The van der Waals surface area contributed by atoms with Crippen LogP contribution in [0.2, 0.25) is 0 Å². The predicted octanol–water partition coefficient (Wildman–Crippen LogP) is 2.80. The molecule has 0 saturated heterocycles. The highest BCUT2D eigenvalue weighted by Crippen LogP contribution is 2.15. The number of rotatable bonds is 3. The molecule has 102 valence electrons. The summed E-state index contributed by atoms with van der Waals surface area (Å²) in [5.74, 6) is -0.219. The lowest BCUT2D eigenvalue weighted by atomic mass is 10.1. The third-order valence-electron chi connectivity index (χ3n) is 2.65. The van der Waals surface area contributed by atoms with Gasteiger partial charge in [-0.25, -0.2) is 0 Å². The summed E-state index contributed by atoms with van der Waals surface area (Å²) in [6.07, 6.45) is 0. The number of carbonyl (C=O) groups excluding carboxylic acids is 1. The van der Waals surface area contributed by atoms with Crippen LogP contribution in [-0.2, 0) is 0 Å². The van der Waals surface area contributed by atoms with Crippen LogP contribution in [0.3, 0.4) is 0 Å². The van der Waals surface area contributed by atoms with Gasteiger partial charge < -0.3 is 16.3 Å². The number of hydrogen-bond donors (Lipinski definition) is 3. The van der Waals surface area contributed by atoms with Gasteiger partial charge in [0.05, 0.1) is 0 Å². The molecule has 0 radical (unpaired) electrons. The Morgan fingerprint density at radius 1 is 1.05 bits per heavy atom. The van der Waals surface area contributed by atoms with Gasteiger partial charge in [-0.2, -0.15) is 0 Å². The van der Waals surface area contributed by atoms with Crippen molar-refractivity contribution in [3.8, 4) is 0 Å². The van der Waals surface area contributed by atoms with Crippen molar-refractivity contribution in [3.63, 3.8) is 0 Å². The van der Waals surface area contributed by atoms with Gasteiger partial charge in [-0.1, -0.05) is 33.2 Å². The zero-order chi connectivity index (χ0) is 14.5. The summed E-state index contributed by atoms with van der Waals surface area (Å²) in [5, 5.41) is 14.2. The van der Waals surface area contributed by atoms with Gasteiger partial charge in [0.15, 0.2) is 5.84 Å². The molecule has 0 aliphatic rings. The van der Waals surface area contributed by atoms with Crippen LogP contribution in [0.15, 0.2) is 58.2 Å². The molecule has 0 spiro atoms. The van der Waals surface area contributed by atoms with E-state index in [1.165, 1.54) is 0 Å². The summed E-state index contributed by atoms with van der Waals surface area (Å²) in [6.45, 7) is 0. The average Bonchev–Trinajstić information content (AvgIpc) is 2.49. The van der Waals surface area contributed by atoms with Crippen molar-refractivity contribution in [2.45, 2.75) is 0 Å². The molecule has 2 rings (SSSR count). The maximum atomic E-state index is 12.0. The molecule has 1 amide bonds. The number of nitrogens with one attached hydrogen (secondary N) is 1. The molecular weight excluding hydrogens is 322 g/mol. The number of anilines is 1. The van der Waals surface area contributed by atoms with Gasteiger partial charge in [0.1, 0.15) is 0 Å². The Morgan fingerprint density at radius 2 is 1.60 bits per heavy atom. The second-order valence-corrected chi connectivity index (χ2v) is 4.94. The van der Waals surface area contributed by atoms with E-state index in [4.69, 9.17) is 10.9 Å². The van der Waals surface area contributed by atoms with E-state index in [2.05, 4.69) is 26.4 Å². The monoisotopic (exact) mass is 333 g/mol. The molecule has 5 nitrogen and oxygen atoms in total. The van der Waals surface area contributed by atoms with Crippen molar-refractivity contribution in [3.05, 3.63) is 64.1 Å². The van der Waals surface area contributed by atoms with E-state index in [9.17, 15) is 4.79 Å². The Bertz CT molecular complexity index is 636. The largest absolute Gasteiger partial charge is 0.409 e. The summed E-state index contributed by atoms with van der Waals surface area (Å²) in [6, 6.07) is 13.7. The molecule has 0 heterocycles. The van der Waals surface area contributed by atoms with E-state index in [0.29, 0.717) is 16.8 Å². The Labute approximate surface area is 124 Å². The molecular formula is C14H12BrN3O2. The number of amides is 1. The fraction of sp³-hybridized carbons (Fsp3) is 0. The first-order chi connectivity index (χ1) is 9.60. The number of benzene rings is 2. The minimum atomic E-state index is -0.224. The number of oxime groups is 1. The molecule has 0 aromatic heterocycles. The van der Waals surface area contributed by atoms with Crippen molar-refractivity contribution >= 4 is 33.4 Å². The standard InChI is InChI=1S/C14H12BrN3O2/c15-11-5-7-12(8-6-11)17-14(19)10-3-1-9(2-4-10)13(16)18-20/h1-8,20H,(H2,16,18)(H,17,19). The van der Waals surface area contributed by atoms with Crippen LogP contribution < -0.4 is 11.1 Å². The first kappa shape index (κ1) is 14.1. The van der Waals surface area contributed by atoms with Crippen LogP contribution in [0.1, 0.15) is 15.9 Å². The van der Waals surface area contributed by atoms with E-state index >= 15 is 0 Å².